The number of hydrogen-bond acceptors (Lipinski definition) is 5. The molecule has 2 aromatic rings. The van der Waals surface area contributed by atoms with Crippen LogP contribution in [0, 0.1) is 5.82 Å². The maximum atomic E-state index is 13.5. The van der Waals surface area contributed by atoms with Crippen LogP contribution in [-0.2, 0) is 28.9 Å². The van der Waals surface area contributed by atoms with Gasteiger partial charge in [-0.25, -0.2) is 9.37 Å². The average Bonchev–Trinajstić information content (AvgIpc) is 3.04. The van der Waals surface area contributed by atoms with Crippen LogP contribution in [0.1, 0.15) is 16.3 Å². The zero-order valence-electron chi connectivity index (χ0n) is 14.0. The second kappa shape index (κ2) is 9.03. The van der Waals surface area contributed by atoms with Gasteiger partial charge in [-0.3, -0.25) is 9.69 Å². The molecule has 0 radical (unpaired) electrons. The monoisotopic (exact) mass is 363 g/mol. The first-order valence-electron chi connectivity index (χ1n) is 8.44. The van der Waals surface area contributed by atoms with E-state index in [-0.39, 0.29) is 18.1 Å². The van der Waals surface area contributed by atoms with E-state index in [9.17, 15) is 9.18 Å². The minimum Gasteiger partial charge on any atom is -0.379 e. The molecule has 2 heterocycles. The van der Waals surface area contributed by atoms with Gasteiger partial charge in [0.15, 0.2) is 0 Å². The van der Waals surface area contributed by atoms with Crippen molar-refractivity contribution in [3.05, 3.63) is 51.7 Å². The normalized spacial score (nSPS) is 15.2. The van der Waals surface area contributed by atoms with Crippen LogP contribution in [-0.4, -0.2) is 48.6 Å². The Balaban J connectivity index is 1.41. The Morgan fingerprint density at radius 3 is 2.92 bits per heavy atom. The zero-order chi connectivity index (χ0) is 17.5. The molecule has 25 heavy (non-hydrogen) atoms. The maximum Gasteiger partial charge on any atom is 0.226 e. The van der Waals surface area contributed by atoms with E-state index in [0.29, 0.717) is 18.5 Å². The molecule has 5 nitrogen and oxygen atoms in total. The van der Waals surface area contributed by atoms with Crippen molar-refractivity contribution in [2.24, 2.45) is 0 Å². The Hall–Kier alpha value is -1.83. The van der Waals surface area contributed by atoms with E-state index < -0.39 is 0 Å². The molecular weight excluding hydrogens is 341 g/mol. The fourth-order valence-electron chi connectivity index (χ4n) is 2.72. The first-order valence-corrected chi connectivity index (χ1v) is 9.32. The van der Waals surface area contributed by atoms with Gasteiger partial charge in [0.25, 0.3) is 0 Å². The number of thiazole rings is 1. The summed E-state index contributed by atoms with van der Waals surface area (Å²) in [7, 11) is 0. The van der Waals surface area contributed by atoms with Gasteiger partial charge in [0.1, 0.15) is 10.8 Å². The number of morpholine rings is 1. The number of nitrogens with zero attached hydrogens (tertiary/aromatic N) is 2. The molecule has 3 rings (SSSR count). The highest BCUT2D eigenvalue weighted by Crippen LogP contribution is 2.14. The summed E-state index contributed by atoms with van der Waals surface area (Å²) in [6, 6.07) is 6.63. The lowest BCUT2D eigenvalue weighted by atomic mass is 10.1. The van der Waals surface area contributed by atoms with Gasteiger partial charge < -0.3 is 10.1 Å². The maximum absolute atomic E-state index is 13.5. The Morgan fingerprint density at radius 1 is 1.32 bits per heavy atom. The van der Waals surface area contributed by atoms with Crippen molar-refractivity contribution in [1.82, 2.24) is 15.2 Å². The van der Waals surface area contributed by atoms with Gasteiger partial charge in [-0.1, -0.05) is 18.2 Å². The van der Waals surface area contributed by atoms with Gasteiger partial charge in [0, 0.05) is 25.0 Å². The highest BCUT2D eigenvalue weighted by Gasteiger charge is 2.14. The molecule has 1 fully saturated rings. The van der Waals surface area contributed by atoms with E-state index in [1.807, 2.05) is 5.38 Å². The molecule has 0 saturated carbocycles. The smallest absolute Gasteiger partial charge is 0.226 e. The van der Waals surface area contributed by atoms with Crippen molar-refractivity contribution in [3.8, 4) is 0 Å². The number of benzene rings is 1. The van der Waals surface area contributed by atoms with Crippen molar-refractivity contribution in [2.75, 3.05) is 32.8 Å². The SMILES string of the molecule is O=C(Cc1csc(CN2CCOCC2)n1)NCCc1ccccc1F. The predicted octanol–water partition coefficient (Wildman–Crippen LogP) is 2.02. The van der Waals surface area contributed by atoms with Gasteiger partial charge in [-0.05, 0) is 18.1 Å². The number of rotatable bonds is 7. The van der Waals surface area contributed by atoms with Crippen LogP contribution in [0.25, 0.3) is 0 Å². The fraction of sp³-hybridized carbons (Fsp3) is 0.444. The van der Waals surface area contributed by atoms with Crippen LogP contribution >= 0.6 is 11.3 Å². The van der Waals surface area contributed by atoms with Gasteiger partial charge >= 0.3 is 0 Å². The number of ether oxygens (including phenoxy) is 1. The van der Waals surface area contributed by atoms with Crippen molar-refractivity contribution in [1.29, 1.82) is 0 Å². The van der Waals surface area contributed by atoms with Gasteiger partial charge in [0.05, 0.1) is 31.9 Å². The van der Waals surface area contributed by atoms with Crippen molar-refractivity contribution in [2.45, 2.75) is 19.4 Å². The minimum atomic E-state index is -0.232. The second-order valence-corrected chi connectivity index (χ2v) is 6.93. The number of carbonyl (C=O) groups excluding carboxylic acids is 1. The molecular formula is C18H22FN3O2S. The largest absolute Gasteiger partial charge is 0.379 e. The van der Waals surface area contributed by atoms with E-state index in [2.05, 4.69) is 15.2 Å². The first kappa shape index (κ1) is 18.0. The molecule has 1 aliphatic heterocycles. The third-order valence-corrected chi connectivity index (χ3v) is 4.96. The molecule has 0 atom stereocenters. The topological polar surface area (TPSA) is 54.5 Å². The van der Waals surface area contributed by atoms with Crippen LogP contribution < -0.4 is 5.32 Å². The standard InChI is InChI=1S/C18H22FN3O2S/c19-16-4-2-1-3-14(16)5-6-20-17(23)11-15-13-25-18(21-15)12-22-7-9-24-10-8-22/h1-4,13H,5-12H2,(H,20,23). The molecule has 1 aliphatic rings. The summed E-state index contributed by atoms with van der Waals surface area (Å²) in [6.07, 6.45) is 0.745. The summed E-state index contributed by atoms with van der Waals surface area (Å²) in [5.41, 5.74) is 1.40. The average molecular weight is 363 g/mol. The summed E-state index contributed by atoms with van der Waals surface area (Å²) >= 11 is 1.58. The molecule has 0 unspecified atom stereocenters. The molecule has 0 aliphatic carbocycles. The molecule has 1 saturated heterocycles. The number of hydrogen-bond donors (Lipinski definition) is 1. The number of nitrogens with one attached hydrogen (secondary N) is 1. The van der Waals surface area contributed by atoms with Crippen LogP contribution in [0.15, 0.2) is 29.6 Å². The number of carbonyl (C=O) groups is 1. The predicted molar refractivity (Wildman–Crippen MR) is 95.0 cm³/mol. The summed E-state index contributed by atoms with van der Waals surface area (Å²) in [5, 5.41) is 5.79. The number of amides is 1. The minimum absolute atomic E-state index is 0.0837. The first-order chi connectivity index (χ1) is 12.2. The summed E-state index contributed by atoms with van der Waals surface area (Å²) in [6.45, 7) is 4.61. The molecule has 0 spiro atoms. The molecule has 1 amide bonds. The zero-order valence-corrected chi connectivity index (χ0v) is 14.9. The molecule has 1 N–H and O–H groups in total. The molecule has 1 aromatic carbocycles. The van der Waals surface area contributed by atoms with Gasteiger partial charge in [0.2, 0.25) is 5.91 Å². The van der Waals surface area contributed by atoms with Crippen molar-refractivity contribution < 1.29 is 13.9 Å². The van der Waals surface area contributed by atoms with Gasteiger partial charge in [-0.2, -0.15) is 0 Å². The quantitative estimate of drug-likeness (QED) is 0.818. The third-order valence-electron chi connectivity index (χ3n) is 4.08. The molecule has 134 valence electrons. The van der Waals surface area contributed by atoms with Crippen LogP contribution in [0.3, 0.4) is 0 Å². The third kappa shape index (κ3) is 5.59. The van der Waals surface area contributed by atoms with Crippen molar-refractivity contribution in [3.63, 3.8) is 0 Å². The Morgan fingerprint density at radius 2 is 2.12 bits per heavy atom. The number of aromatic nitrogens is 1. The summed E-state index contributed by atoms with van der Waals surface area (Å²) < 4.78 is 18.9. The summed E-state index contributed by atoms with van der Waals surface area (Å²) in [5.74, 6) is -0.316. The van der Waals surface area contributed by atoms with Crippen LogP contribution in [0.2, 0.25) is 0 Å². The highest BCUT2D eigenvalue weighted by atomic mass is 32.1. The van der Waals surface area contributed by atoms with E-state index in [1.54, 1.807) is 29.5 Å². The highest BCUT2D eigenvalue weighted by molar-refractivity contribution is 7.09. The lowest BCUT2D eigenvalue weighted by Gasteiger charge is -2.25. The molecule has 1 aromatic heterocycles. The Kier molecular flexibility index (Phi) is 6.49. The molecule has 0 bridgehead atoms. The number of halogens is 1. The van der Waals surface area contributed by atoms with Crippen LogP contribution in [0.5, 0.6) is 0 Å². The van der Waals surface area contributed by atoms with E-state index >= 15 is 0 Å². The lowest BCUT2D eigenvalue weighted by molar-refractivity contribution is -0.120. The van der Waals surface area contributed by atoms with E-state index in [0.717, 1.165) is 43.5 Å². The summed E-state index contributed by atoms with van der Waals surface area (Å²) in [4.78, 5) is 18.9. The van der Waals surface area contributed by atoms with E-state index in [4.69, 9.17) is 4.74 Å². The van der Waals surface area contributed by atoms with Crippen molar-refractivity contribution >= 4 is 17.2 Å². The second-order valence-electron chi connectivity index (χ2n) is 5.99. The Labute approximate surface area is 150 Å². The van der Waals surface area contributed by atoms with E-state index in [1.165, 1.54) is 6.07 Å². The molecule has 7 heteroatoms. The van der Waals surface area contributed by atoms with Crippen LogP contribution in [0.4, 0.5) is 4.39 Å². The fourth-order valence-corrected chi connectivity index (χ4v) is 3.55. The lowest BCUT2D eigenvalue weighted by Crippen LogP contribution is -2.35. The Bertz CT molecular complexity index is 701. The van der Waals surface area contributed by atoms with Gasteiger partial charge in [-0.15, -0.1) is 11.3 Å².